The van der Waals surface area contributed by atoms with Crippen molar-refractivity contribution in [2.75, 3.05) is 13.1 Å². The van der Waals surface area contributed by atoms with Crippen molar-refractivity contribution in [3.63, 3.8) is 0 Å². The quantitative estimate of drug-likeness (QED) is 0.811. The van der Waals surface area contributed by atoms with E-state index in [4.69, 9.17) is 19.5 Å². The van der Waals surface area contributed by atoms with Crippen LogP contribution >= 0.6 is 0 Å². The number of nitrogens with zero attached hydrogens (tertiary/aromatic N) is 1. The molecule has 2 rings (SSSR count). The van der Waals surface area contributed by atoms with Gasteiger partial charge in [0.15, 0.2) is 0 Å². The first kappa shape index (κ1) is 18.8. The van der Waals surface area contributed by atoms with E-state index < -0.39 is 12.7 Å². The van der Waals surface area contributed by atoms with Crippen molar-refractivity contribution in [1.82, 2.24) is 4.90 Å². The van der Waals surface area contributed by atoms with Crippen molar-refractivity contribution in [3.8, 4) is 0 Å². The highest BCUT2D eigenvalue weighted by Gasteiger charge is 2.27. The first-order valence-electron chi connectivity index (χ1n) is 8.29. The van der Waals surface area contributed by atoms with Crippen molar-refractivity contribution >= 4 is 18.7 Å². The number of rotatable bonds is 4. The van der Waals surface area contributed by atoms with Gasteiger partial charge in [0.2, 0.25) is 0 Å². The normalized spacial score (nSPS) is 16.1. The van der Waals surface area contributed by atoms with Gasteiger partial charge in [0, 0.05) is 13.1 Å². The van der Waals surface area contributed by atoms with E-state index in [1.165, 1.54) is 0 Å². The molecule has 1 fully saturated rings. The molecule has 2 N–H and O–H groups in total. The van der Waals surface area contributed by atoms with Gasteiger partial charge in [0.05, 0.1) is 12.7 Å². The number of hydrogen-bond acceptors (Lipinski definition) is 5. The van der Waals surface area contributed by atoms with Crippen LogP contribution in [0.1, 0.15) is 39.2 Å². The number of amides is 1. The van der Waals surface area contributed by atoms with Crippen molar-refractivity contribution < 1.29 is 24.3 Å². The molecule has 1 aromatic carbocycles. The zero-order chi connectivity index (χ0) is 17.7. The molecule has 0 spiro atoms. The topological polar surface area (TPSA) is 79.2 Å². The molecule has 0 aromatic heterocycles. The van der Waals surface area contributed by atoms with Crippen LogP contribution in [-0.2, 0) is 16.1 Å². The maximum absolute atomic E-state index is 12.0. The molecule has 1 aliphatic heterocycles. The molecule has 0 saturated carbocycles. The van der Waals surface area contributed by atoms with E-state index in [-0.39, 0.29) is 12.2 Å². The lowest BCUT2D eigenvalue weighted by molar-refractivity contribution is -0.0170. The average molecular weight is 335 g/mol. The summed E-state index contributed by atoms with van der Waals surface area (Å²) in [6.45, 7) is 7.33. The van der Waals surface area contributed by atoms with Crippen molar-refractivity contribution in [2.24, 2.45) is 0 Å². The summed E-state index contributed by atoms with van der Waals surface area (Å²) in [4.78, 5) is 13.7. The van der Waals surface area contributed by atoms with E-state index in [1.807, 2.05) is 32.9 Å². The minimum Gasteiger partial charge on any atom is -0.444 e. The van der Waals surface area contributed by atoms with Crippen LogP contribution in [0.2, 0.25) is 0 Å². The van der Waals surface area contributed by atoms with Gasteiger partial charge in [-0.1, -0.05) is 24.3 Å². The maximum Gasteiger partial charge on any atom is 0.488 e. The van der Waals surface area contributed by atoms with Crippen LogP contribution in [0.5, 0.6) is 0 Å². The zero-order valence-corrected chi connectivity index (χ0v) is 14.6. The molecule has 132 valence electrons. The first-order valence-corrected chi connectivity index (χ1v) is 8.29. The van der Waals surface area contributed by atoms with Crippen LogP contribution in [0.3, 0.4) is 0 Å². The van der Waals surface area contributed by atoms with E-state index >= 15 is 0 Å². The number of carbonyl (C=O) groups is 1. The predicted molar refractivity (Wildman–Crippen MR) is 91.9 cm³/mol. The fraction of sp³-hybridized carbons (Fsp3) is 0.588. The molecular weight excluding hydrogens is 309 g/mol. The van der Waals surface area contributed by atoms with Crippen LogP contribution in [0, 0.1) is 0 Å². The van der Waals surface area contributed by atoms with E-state index in [0.29, 0.717) is 25.2 Å². The summed E-state index contributed by atoms with van der Waals surface area (Å²) >= 11 is 0. The van der Waals surface area contributed by atoms with Crippen molar-refractivity contribution in [1.29, 1.82) is 0 Å². The molecule has 7 heteroatoms. The van der Waals surface area contributed by atoms with Gasteiger partial charge in [-0.3, -0.25) is 0 Å². The Morgan fingerprint density at radius 2 is 1.79 bits per heavy atom. The molecule has 24 heavy (non-hydrogen) atoms. The van der Waals surface area contributed by atoms with E-state index in [9.17, 15) is 4.79 Å². The Balaban J connectivity index is 1.74. The zero-order valence-electron chi connectivity index (χ0n) is 14.6. The summed E-state index contributed by atoms with van der Waals surface area (Å²) in [6.07, 6.45) is 1.42. The van der Waals surface area contributed by atoms with E-state index in [1.54, 1.807) is 17.0 Å². The summed E-state index contributed by atoms with van der Waals surface area (Å²) in [6, 6.07) is 7.00. The third-order valence-electron chi connectivity index (χ3n) is 3.86. The van der Waals surface area contributed by atoms with Crippen molar-refractivity contribution in [2.45, 2.75) is 51.9 Å². The molecule has 1 aliphatic rings. The Bertz CT molecular complexity index is 533. The largest absolute Gasteiger partial charge is 0.488 e. The van der Waals surface area contributed by atoms with Crippen LogP contribution < -0.4 is 5.46 Å². The molecule has 1 amide bonds. The van der Waals surface area contributed by atoms with Crippen LogP contribution in [0.4, 0.5) is 4.79 Å². The molecule has 1 saturated heterocycles. The van der Waals surface area contributed by atoms with E-state index in [2.05, 4.69) is 0 Å². The Morgan fingerprint density at radius 1 is 1.21 bits per heavy atom. The fourth-order valence-electron chi connectivity index (χ4n) is 2.53. The Morgan fingerprint density at radius 3 is 2.29 bits per heavy atom. The van der Waals surface area contributed by atoms with Gasteiger partial charge in [-0.15, -0.1) is 0 Å². The van der Waals surface area contributed by atoms with Gasteiger partial charge in [-0.25, -0.2) is 4.79 Å². The molecule has 0 unspecified atom stereocenters. The summed E-state index contributed by atoms with van der Waals surface area (Å²) in [5.41, 5.74) is 0.969. The second kappa shape index (κ2) is 8.01. The fourth-order valence-corrected chi connectivity index (χ4v) is 2.53. The molecule has 0 atom stereocenters. The number of hydrogen-bond donors (Lipinski definition) is 2. The second-order valence-electron chi connectivity index (χ2n) is 7.09. The van der Waals surface area contributed by atoms with Gasteiger partial charge in [0.25, 0.3) is 0 Å². The molecular formula is C17H26BNO5. The Hall–Kier alpha value is -1.57. The highest BCUT2D eigenvalue weighted by Crippen LogP contribution is 2.18. The molecule has 0 radical (unpaired) electrons. The first-order chi connectivity index (χ1) is 11.2. The number of carbonyl (C=O) groups excluding carboxylic acids is 1. The van der Waals surface area contributed by atoms with E-state index in [0.717, 1.165) is 18.4 Å². The van der Waals surface area contributed by atoms with Gasteiger partial charge >= 0.3 is 13.2 Å². The van der Waals surface area contributed by atoms with Gasteiger partial charge in [-0.05, 0) is 44.6 Å². The predicted octanol–water partition coefficient (Wildman–Crippen LogP) is 1.28. The summed E-state index contributed by atoms with van der Waals surface area (Å²) in [7, 11) is -1.45. The third-order valence-corrected chi connectivity index (χ3v) is 3.86. The molecule has 0 aliphatic carbocycles. The number of likely N-dealkylation sites (tertiary alicyclic amines) is 1. The van der Waals surface area contributed by atoms with Gasteiger partial charge in [0.1, 0.15) is 5.60 Å². The lowest BCUT2D eigenvalue weighted by Gasteiger charge is -2.33. The van der Waals surface area contributed by atoms with Crippen LogP contribution in [0.15, 0.2) is 24.3 Å². The monoisotopic (exact) mass is 335 g/mol. The molecule has 0 bridgehead atoms. The highest BCUT2D eigenvalue weighted by atomic mass is 16.6. The minimum absolute atomic E-state index is 0.117. The van der Waals surface area contributed by atoms with Crippen LogP contribution in [0.25, 0.3) is 0 Å². The van der Waals surface area contributed by atoms with Gasteiger partial charge in [-0.2, -0.15) is 0 Å². The standard InChI is InChI=1S/C17H26BNO5/c1-17(2,3)24-16(20)19-10-8-15(9-11-19)23-12-13-4-6-14(7-5-13)18(21)22/h4-7,15,21-22H,8-12H2,1-3H3. The van der Waals surface area contributed by atoms with Crippen LogP contribution in [-0.4, -0.2) is 53.0 Å². The maximum atomic E-state index is 12.0. The molecule has 6 nitrogen and oxygen atoms in total. The number of ether oxygens (including phenoxy) is 2. The molecule has 1 aromatic rings. The number of piperidine rings is 1. The number of benzene rings is 1. The summed E-state index contributed by atoms with van der Waals surface area (Å²) < 4.78 is 11.3. The summed E-state index contributed by atoms with van der Waals surface area (Å²) in [5.74, 6) is 0. The summed E-state index contributed by atoms with van der Waals surface area (Å²) in [5, 5.41) is 18.1. The lowest BCUT2D eigenvalue weighted by atomic mass is 9.80. The van der Waals surface area contributed by atoms with Crippen molar-refractivity contribution in [3.05, 3.63) is 29.8 Å². The minimum atomic E-state index is -1.45. The Kier molecular flexibility index (Phi) is 6.26. The SMILES string of the molecule is CC(C)(C)OC(=O)N1CCC(OCc2ccc(B(O)O)cc2)CC1. The second-order valence-corrected chi connectivity index (χ2v) is 7.09. The third kappa shape index (κ3) is 5.81. The van der Waals surface area contributed by atoms with Gasteiger partial charge < -0.3 is 24.4 Å². The smallest absolute Gasteiger partial charge is 0.444 e. The lowest BCUT2D eigenvalue weighted by Crippen LogP contribution is -2.43. The highest BCUT2D eigenvalue weighted by molar-refractivity contribution is 6.58. The Labute approximate surface area is 143 Å². The molecule has 1 heterocycles. The average Bonchev–Trinajstić information content (AvgIpc) is 2.52.